The summed E-state index contributed by atoms with van der Waals surface area (Å²) >= 11 is 0. The van der Waals surface area contributed by atoms with E-state index in [1.807, 2.05) is 0 Å². The first-order valence-corrected chi connectivity index (χ1v) is 8.55. The molecular weight excluding hydrogens is 312 g/mol. The Morgan fingerprint density at radius 2 is 1.96 bits per heavy atom. The largest absolute Gasteiger partial charge is 0.453 e. The van der Waals surface area contributed by atoms with E-state index < -0.39 is 0 Å². The van der Waals surface area contributed by atoms with Gasteiger partial charge in [0, 0.05) is 65.9 Å². The van der Waals surface area contributed by atoms with Crippen LogP contribution >= 0.6 is 0 Å². The van der Waals surface area contributed by atoms with Gasteiger partial charge in [0.2, 0.25) is 0 Å². The summed E-state index contributed by atoms with van der Waals surface area (Å²) in [6, 6.07) is 0.297. The van der Waals surface area contributed by atoms with Crippen molar-refractivity contribution in [2.75, 3.05) is 54.1 Å². The van der Waals surface area contributed by atoms with Crippen molar-refractivity contribution < 1.29 is 19.0 Å². The van der Waals surface area contributed by atoms with E-state index in [0.717, 1.165) is 44.9 Å². The molecule has 2 rings (SSSR count). The number of carbonyl (C=O) groups is 1. The van der Waals surface area contributed by atoms with Gasteiger partial charge >= 0.3 is 6.09 Å². The first-order chi connectivity index (χ1) is 11.6. The number of carbonyl (C=O) groups excluding carboxylic acids is 1. The molecule has 0 bridgehead atoms. The van der Waals surface area contributed by atoms with Crippen molar-refractivity contribution in [1.82, 2.24) is 15.5 Å². The number of amides is 1. The molecule has 1 amide bonds. The molecule has 0 aliphatic carbocycles. The van der Waals surface area contributed by atoms with Crippen molar-refractivity contribution in [3.05, 3.63) is 0 Å². The van der Waals surface area contributed by atoms with E-state index in [-0.39, 0.29) is 11.7 Å². The van der Waals surface area contributed by atoms with E-state index in [1.165, 1.54) is 7.11 Å². The summed E-state index contributed by atoms with van der Waals surface area (Å²) in [4.78, 5) is 17.6. The molecule has 2 aliphatic rings. The number of hydrogen-bond donors (Lipinski definition) is 2. The maximum atomic E-state index is 11.5. The maximum absolute atomic E-state index is 11.5. The number of aliphatic imine (C=N–C) groups is 1. The van der Waals surface area contributed by atoms with Crippen LogP contribution in [0.5, 0.6) is 0 Å². The van der Waals surface area contributed by atoms with Crippen LogP contribution in [-0.2, 0) is 14.2 Å². The van der Waals surface area contributed by atoms with Crippen LogP contribution in [0.1, 0.15) is 25.7 Å². The summed E-state index contributed by atoms with van der Waals surface area (Å²) in [6.07, 6.45) is 3.26. The molecule has 0 saturated carbocycles. The lowest BCUT2D eigenvalue weighted by Crippen LogP contribution is -2.54. The Labute approximate surface area is 143 Å². The molecule has 0 unspecified atom stereocenters. The first kappa shape index (κ1) is 18.8. The molecule has 2 heterocycles. The third-order valence-electron chi connectivity index (χ3n) is 4.91. The maximum Gasteiger partial charge on any atom is 0.409 e. The highest BCUT2D eigenvalue weighted by atomic mass is 16.5. The number of hydrogen-bond acceptors (Lipinski definition) is 5. The van der Waals surface area contributed by atoms with Crippen molar-refractivity contribution in [3.8, 4) is 0 Å². The monoisotopic (exact) mass is 342 g/mol. The summed E-state index contributed by atoms with van der Waals surface area (Å²) < 4.78 is 15.9. The predicted octanol–water partition coefficient (Wildman–Crippen LogP) is 0.578. The van der Waals surface area contributed by atoms with Crippen LogP contribution in [-0.4, -0.2) is 82.7 Å². The molecule has 138 valence electrons. The van der Waals surface area contributed by atoms with Gasteiger partial charge in [-0.05, 0) is 12.8 Å². The number of likely N-dealkylation sites (tertiary alicyclic amines) is 1. The smallest absolute Gasteiger partial charge is 0.409 e. The zero-order valence-electron chi connectivity index (χ0n) is 15.0. The normalized spacial score (nSPS) is 22.1. The van der Waals surface area contributed by atoms with Gasteiger partial charge in [-0.2, -0.15) is 0 Å². The number of piperidine rings is 1. The fraction of sp³-hybridized carbons (Fsp3) is 0.875. The minimum absolute atomic E-state index is 0.190. The van der Waals surface area contributed by atoms with E-state index >= 15 is 0 Å². The van der Waals surface area contributed by atoms with Crippen LogP contribution in [0.15, 0.2) is 4.99 Å². The zero-order valence-corrected chi connectivity index (χ0v) is 15.0. The molecule has 8 nitrogen and oxygen atoms in total. The van der Waals surface area contributed by atoms with Crippen LogP contribution in [0.4, 0.5) is 4.79 Å². The molecule has 8 heteroatoms. The van der Waals surface area contributed by atoms with Gasteiger partial charge < -0.3 is 29.7 Å². The topological polar surface area (TPSA) is 84.4 Å². The Kier molecular flexibility index (Phi) is 7.11. The third-order valence-corrected chi connectivity index (χ3v) is 4.91. The summed E-state index contributed by atoms with van der Waals surface area (Å²) in [7, 11) is 4.94. The molecule has 2 N–H and O–H groups in total. The van der Waals surface area contributed by atoms with Crippen LogP contribution in [0, 0.1) is 0 Å². The van der Waals surface area contributed by atoms with Crippen LogP contribution in [0.25, 0.3) is 0 Å². The summed E-state index contributed by atoms with van der Waals surface area (Å²) in [5.41, 5.74) is -0.190. The fourth-order valence-corrected chi connectivity index (χ4v) is 3.16. The highest BCUT2D eigenvalue weighted by molar-refractivity contribution is 5.80. The fourth-order valence-electron chi connectivity index (χ4n) is 3.16. The molecule has 2 saturated heterocycles. The quantitative estimate of drug-likeness (QED) is 0.574. The average molecular weight is 342 g/mol. The third kappa shape index (κ3) is 4.98. The second-order valence-corrected chi connectivity index (χ2v) is 6.30. The first-order valence-electron chi connectivity index (χ1n) is 8.55. The number of methoxy groups -OCH3 is 2. The summed E-state index contributed by atoms with van der Waals surface area (Å²) in [6.45, 7) is 3.55. The van der Waals surface area contributed by atoms with E-state index in [9.17, 15) is 4.79 Å². The van der Waals surface area contributed by atoms with E-state index in [2.05, 4.69) is 15.6 Å². The van der Waals surface area contributed by atoms with Crippen molar-refractivity contribution >= 4 is 12.1 Å². The molecule has 2 fully saturated rings. The van der Waals surface area contributed by atoms with Gasteiger partial charge in [0.15, 0.2) is 5.96 Å². The molecule has 24 heavy (non-hydrogen) atoms. The molecule has 0 aromatic rings. The number of rotatable bonds is 4. The van der Waals surface area contributed by atoms with Gasteiger partial charge in [0.1, 0.15) is 0 Å². The standard InChI is InChI=1S/C16H30N4O4/c1-17-14(18-12-16(23-3)6-10-24-11-7-16)19-13-4-8-20(9-5-13)15(21)22-2/h13H,4-12H2,1-3H3,(H2,17,18,19). The lowest BCUT2D eigenvalue weighted by atomic mass is 9.94. The number of nitrogens with zero attached hydrogens (tertiary/aromatic N) is 2. The van der Waals surface area contributed by atoms with Gasteiger partial charge in [-0.15, -0.1) is 0 Å². The van der Waals surface area contributed by atoms with Crippen LogP contribution in [0.2, 0.25) is 0 Å². The molecule has 0 spiro atoms. The highest BCUT2D eigenvalue weighted by Crippen LogP contribution is 2.23. The molecule has 2 aliphatic heterocycles. The molecule has 0 atom stereocenters. The van der Waals surface area contributed by atoms with Gasteiger partial charge in [-0.25, -0.2) is 4.79 Å². The molecule has 0 aromatic carbocycles. The molecular formula is C16H30N4O4. The summed E-state index contributed by atoms with van der Waals surface area (Å²) in [5, 5.41) is 6.81. The molecule has 0 radical (unpaired) electrons. The van der Waals surface area contributed by atoms with Crippen molar-refractivity contribution in [3.63, 3.8) is 0 Å². The Morgan fingerprint density at radius 3 is 2.50 bits per heavy atom. The van der Waals surface area contributed by atoms with Gasteiger partial charge in [0.25, 0.3) is 0 Å². The van der Waals surface area contributed by atoms with Crippen LogP contribution in [0.3, 0.4) is 0 Å². The number of nitrogens with one attached hydrogen (secondary N) is 2. The van der Waals surface area contributed by atoms with E-state index in [0.29, 0.717) is 25.7 Å². The Balaban J connectivity index is 1.77. The number of guanidine groups is 1. The van der Waals surface area contributed by atoms with E-state index in [4.69, 9.17) is 14.2 Å². The van der Waals surface area contributed by atoms with Crippen molar-refractivity contribution in [2.45, 2.75) is 37.3 Å². The lowest BCUT2D eigenvalue weighted by molar-refractivity contribution is -0.0855. The predicted molar refractivity (Wildman–Crippen MR) is 91.3 cm³/mol. The minimum Gasteiger partial charge on any atom is -0.453 e. The van der Waals surface area contributed by atoms with E-state index in [1.54, 1.807) is 19.1 Å². The second kappa shape index (κ2) is 9.08. The van der Waals surface area contributed by atoms with Crippen molar-refractivity contribution in [1.29, 1.82) is 0 Å². The highest BCUT2D eigenvalue weighted by Gasteiger charge is 2.33. The summed E-state index contributed by atoms with van der Waals surface area (Å²) in [5.74, 6) is 0.773. The zero-order chi connectivity index (χ0) is 17.4. The van der Waals surface area contributed by atoms with Crippen molar-refractivity contribution in [2.24, 2.45) is 4.99 Å². The van der Waals surface area contributed by atoms with Gasteiger partial charge in [-0.3, -0.25) is 4.99 Å². The average Bonchev–Trinajstić information content (AvgIpc) is 2.65. The second-order valence-electron chi connectivity index (χ2n) is 6.30. The number of ether oxygens (including phenoxy) is 3. The Bertz CT molecular complexity index is 430. The van der Waals surface area contributed by atoms with Crippen LogP contribution < -0.4 is 10.6 Å². The SMILES string of the molecule is CN=C(NCC1(OC)CCOCC1)NC1CCN(C(=O)OC)CC1. The minimum atomic E-state index is -0.252. The van der Waals surface area contributed by atoms with Gasteiger partial charge in [0.05, 0.1) is 12.7 Å². The Morgan fingerprint density at radius 1 is 1.29 bits per heavy atom. The lowest BCUT2D eigenvalue weighted by Gasteiger charge is -2.37. The Hall–Kier alpha value is -1.54. The van der Waals surface area contributed by atoms with Gasteiger partial charge in [-0.1, -0.05) is 0 Å². The molecule has 0 aromatic heterocycles.